The maximum absolute atomic E-state index is 11.9. The highest BCUT2D eigenvalue weighted by Gasteiger charge is 2.65. The van der Waals surface area contributed by atoms with E-state index < -0.39 is 163 Å². The Kier molecular flexibility index (Phi) is 16.2. The zero-order valence-electron chi connectivity index (χ0n) is 25.8. The molecule has 0 aromatic rings. The van der Waals surface area contributed by atoms with E-state index in [1.54, 1.807) is 0 Å². The van der Waals surface area contributed by atoms with Crippen LogP contribution in [0.5, 0.6) is 0 Å². The van der Waals surface area contributed by atoms with Crippen LogP contribution in [0.4, 0.5) is 0 Å². The number of rotatable bonds is 22. The average Bonchev–Trinajstić information content (AvgIpc) is 3.17. The standard InChI is InChI=1S/C13H24O35S8/c14-49(15,16)4-38-10-9(47-55(32,33)34)7(45-53(26,27)28)5(1-39-50(17,18)19)42-12(10)44-13(3-41-52(23,24)25)11(48-56(35,36)37)8(46-54(29,30)31)6(43-13)2-40-51(20,21)22/h5-12H,1-4H2,(H,14,15,16)(H,17,18,19)(H,20,21,22)(H,23,24,25)(H,26,27,28)(H,29,30,31)(H,32,33,34)(H,35,36,37)/t5-,6-,7-,8-,9+,10-,11+,12-,13+/m1/s1. The van der Waals surface area contributed by atoms with E-state index in [1.165, 1.54) is 0 Å². The molecule has 43 heteroatoms. The van der Waals surface area contributed by atoms with Crippen molar-refractivity contribution in [3.05, 3.63) is 0 Å². The van der Waals surface area contributed by atoms with Gasteiger partial charge in [-0.2, -0.15) is 67.3 Å². The van der Waals surface area contributed by atoms with Crippen LogP contribution in [0.15, 0.2) is 0 Å². The van der Waals surface area contributed by atoms with Crippen LogP contribution in [0, 0.1) is 0 Å². The molecule has 0 amide bonds. The van der Waals surface area contributed by atoms with Gasteiger partial charge in [0.1, 0.15) is 43.2 Å². The van der Waals surface area contributed by atoms with Crippen molar-refractivity contribution in [3.63, 3.8) is 0 Å². The lowest BCUT2D eigenvalue weighted by atomic mass is 9.98. The first-order valence-electron chi connectivity index (χ1n) is 12.7. The Morgan fingerprint density at radius 3 is 1.29 bits per heavy atom. The lowest BCUT2D eigenvalue weighted by Crippen LogP contribution is -2.65. The molecule has 35 nitrogen and oxygen atoms in total. The Balaban J connectivity index is 3.07. The molecule has 2 saturated heterocycles. The van der Waals surface area contributed by atoms with Gasteiger partial charge in [-0.3, -0.25) is 36.4 Å². The molecule has 2 aliphatic heterocycles. The van der Waals surface area contributed by atoms with Gasteiger partial charge in [0.05, 0.1) is 13.2 Å². The van der Waals surface area contributed by atoms with Gasteiger partial charge in [0.2, 0.25) is 5.79 Å². The van der Waals surface area contributed by atoms with Crippen LogP contribution in [0.2, 0.25) is 0 Å². The van der Waals surface area contributed by atoms with Gasteiger partial charge in [-0.05, 0) is 0 Å². The van der Waals surface area contributed by atoms with Crippen LogP contribution in [0.25, 0.3) is 0 Å². The highest BCUT2D eigenvalue weighted by atomic mass is 32.3. The minimum Gasteiger partial charge on any atom is -0.352 e. The topological polar surface area (TPSA) is 536 Å². The maximum atomic E-state index is 11.9. The van der Waals surface area contributed by atoms with Crippen LogP contribution in [0.3, 0.4) is 0 Å². The molecule has 0 spiro atoms. The molecule has 334 valence electrons. The number of ether oxygens (including phenoxy) is 4. The predicted molar refractivity (Wildman–Crippen MR) is 157 cm³/mol. The molecule has 0 aliphatic carbocycles. The minimum absolute atomic E-state index is 1.89. The summed E-state index contributed by atoms with van der Waals surface area (Å²) in [4.78, 5) is 0. The van der Waals surface area contributed by atoms with Crippen molar-refractivity contribution in [2.45, 2.75) is 54.8 Å². The highest BCUT2D eigenvalue weighted by Crippen LogP contribution is 2.42. The largest absolute Gasteiger partial charge is 0.397 e. The Hall–Kier alpha value is -1.16. The minimum atomic E-state index is -6.21. The summed E-state index contributed by atoms with van der Waals surface area (Å²) >= 11 is 0. The Bertz CT molecular complexity index is 2300. The van der Waals surface area contributed by atoms with Gasteiger partial charge in [-0.1, -0.05) is 0 Å². The zero-order valence-corrected chi connectivity index (χ0v) is 32.3. The molecule has 56 heavy (non-hydrogen) atoms. The molecule has 2 rings (SSSR count). The number of hydrogen-bond acceptors (Lipinski definition) is 27. The quantitative estimate of drug-likeness (QED) is 0.0467. The molecular weight excluding hydrogens is 973 g/mol. The molecule has 0 unspecified atom stereocenters. The fourth-order valence-electron chi connectivity index (χ4n) is 4.34. The summed E-state index contributed by atoms with van der Waals surface area (Å²) in [7, 11) is -47.3. The zero-order chi connectivity index (χ0) is 43.7. The second-order valence-electron chi connectivity index (χ2n) is 9.98. The molecule has 2 fully saturated rings. The molecule has 2 aliphatic rings. The monoisotopic (exact) mass is 996 g/mol. The van der Waals surface area contributed by atoms with E-state index in [0.717, 1.165) is 0 Å². The first kappa shape index (κ1) is 51.0. The normalized spacial score (nSPS) is 30.4. The van der Waals surface area contributed by atoms with Crippen molar-refractivity contribution in [1.29, 1.82) is 0 Å². The summed E-state index contributed by atoms with van der Waals surface area (Å²) in [6.07, 6.45) is -25.1. The summed E-state index contributed by atoms with van der Waals surface area (Å²) in [5.74, 6) is -6.23. The van der Waals surface area contributed by atoms with Gasteiger partial charge in [0.15, 0.2) is 18.3 Å². The second kappa shape index (κ2) is 17.8. The Morgan fingerprint density at radius 2 is 0.875 bits per heavy atom. The van der Waals surface area contributed by atoms with Crippen molar-refractivity contribution in [3.8, 4) is 0 Å². The summed E-state index contributed by atoms with van der Waals surface area (Å²) < 4.78 is 309. The van der Waals surface area contributed by atoms with Crippen LogP contribution in [0.1, 0.15) is 0 Å². The average molecular weight is 997 g/mol. The maximum Gasteiger partial charge on any atom is 0.397 e. The second-order valence-corrected chi connectivity index (χ2v) is 18.8. The van der Waals surface area contributed by atoms with E-state index >= 15 is 0 Å². The molecular formula is C13H24O35S8. The molecule has 2 heterocycles. The van der Waals surface area contributed by atoms with Crippen molar-refractivity contribution < 1.29 is 152 Å². The molecule has 9 atom stereocenters. The SMILES string of the molecule is O=S(=O)(O)CO[C@H]1[C@@H](O[C@]2(COS(=O)(=O)O)O[C@H](COS(=O)(=O)O)[C@@H](OS(=O)(=O)O)[C@@H]2OS(=O)(=O)O)O[C@H](COS(=O)(=O)O)[C@@H](OS(=O)(=O)O)[C@@H]1OS(=O)(=O)O. The lowest BCUT2D eigenvalue weighted by Gasteiger charge is -2.46. The van der Waals surface area contributed by atoms with Gasteiger partial charge in [-0.15, -0.1) is 0 Å². The van der Waals surface area contributed by atoms with Crippen LogP contribution in [-0.2, 0) is 131 Å². The third-order valence-electron chi connectivity index (χ3n) is 5.86. The van der Waals surface area contributed by atoms with Crippen molar-refractivity contribution in [2.24, 2.45) is 0 Å². The summed E-state index contributed by atoms with van der Waals surface area (Å²) in [5, 5.41) is 0. The molecule has 8 N–H and O–H groups in total. The molecule has 0 saturated carbocycles. The van der Waals surface area contributed by atoms with Crippen molar-refractivity contribution >= 4 is 82.9 Å². The third-order valence-corrected chi connectivity index (χ3v) is 9.42. The summed E-state index contributed by atoms with van der Waals surface area (Å²) in [6.45, 7) is -6.13. The van der Waals surface area contributed by atoms with Gasteiger partial charge in [-0.25, -0.2) is 29.3 Å². The fraction of sp³-hybridized carbons (Fsp3) is 1.00. The van der Waals surface area contributed by atoms with Crippen LogP contribution < -0.4 is 0 Å². The van der Waals surface area contributed by atoms with Crippen molar-refractivity contribution in [1.82, 2.24) is 0 Å². The molecule has 0 aromatic heterocycles. The Morgan fingerprint density at radius 1 is 0.464 bits per heavy atom. The molecule has 0 radical (unpaired) electrons. The fourth-order valence-corrected chi connectivity index (χ4v) is 7.63. The van der Waals surface area contributed by atoms with Gasteiger partial charge in [0, 0.05) is 0 Å². The van der Waals surface area contributed by atoms with Gasteiger partial charge >= 0.3 is 72.8 Å². The van der Waals surface area contributed by atoms with E-state index in [2.05, 4.69) is 29.3 Å². The predicted octanol–water partition coefficient (Wildman–Crippen LogP) is -6.74. The van der Waals surface area contributed by atoms with Gasteiger partial charge in [0.25, 0.3) is 10.1 Å². The summed E-state index contributed by atoms with van der Waals surface area (Å²) in [5.41, 5.74) is 0. The van der Waals surface area contributed by atoms with Gasteiger partial charge < -0.3 is 18.9 Å². The first-order chi connectivity index (χ1) is 24.7. The van der Waals surface area contributed by atoms with Crippen LogP contribution >= 0.6 is 0 Å². The summed E-state index contributed by atoms with van der Waals surface area (Å²) in [6, 6.07) is 0. The van der Waals surface area contributed by atoms with Crippen molar-refractivity contribution in [2.75, 3.05) is 25.8 Å². The third kappa shape index (κ3) is 18.4. The lowest BCUT2D eigenvalue weighted by molar-refractivity contribution is -0.379. The van der Waals surface area contributed by atoms with E-state index in [-0.39, 0.29) is 0 Å². The Labute approximate surface area is 314 Å². The smallest absolute Gasteiger partial charge is 0.352 e. The van der Waals surface area contributed by atoms with E-state index in [0.29, 0.717) is 0 Å². The molecule has 0 aromatic carbocycles. The highest BCUT2D eigenvalue weighted by molar-refractivity contribution is 7.85. The first-order valence-corrected chi connectivity index (χ1v) is 23.9. The molecule has 0 bridgehead atoms. The number of hydrogen-bond donors (Lipinski definition) is 8. The van der Waals surface area contributed by atoms with Crippen LogP contribution in [-0.4, -0.2) is 184 Å². The van der Waals surface area contributed by atoms with E-state index in [9.17, 15) is 94.7 Å². The van der Waals surface area contributed by atoms with E-state index in [1.807, 2.05) is 0 Å². The van der Waals surface area contributed by atoms with E-state index in [4.69, 9.17) is 28.1 Å².